The fraction of sp³-hybridized carbons (Fsp3) is 0.538. The van der Waals surface area contributed by atoms with Gasteiger partial charge in [0.2, 0.25) is 0 Å². The number of benzene rings is 1. The first-order valence-corrected chi connectivity index (χ1v) is 8.18. The van der Waals surface area contributed by atoms with Crippen molar-refractivity contribution in [2.45, 2.75) is 19.9 Å². The standard InChI is InChI=1S/C13H21NO3S/c1-3-17-13-8-5-4-7-12(13)11-14-9-6-10-18(2,15)16/h4-5,7-8,14H,3,6,9-11H2,1-2H3. The highest BCUT2D eigenvalue weighted by Crippen LogP contribution is 2.17. The zero-order chi connectivity index (χ0) is 13.4. The molecule has 0 aliphatic rings. The fourth-order valence-corrected chi connectivity index (χ4v) is 2.30. The Morgan fingerprint density at radius 2 is 2.00 bits per heavy atom. The quantitative estimate of drug-likeness (QED) is 0.730. The number of para-hydroxylation sites is 1. The Bertz CT molecular complexity index is 457. The molecule has 1 aromatic carbocycles. The molecule has 4 nitrogen and oxygen atoms in total. The predicted molar refractivity (Wildman–Crippen MR) is 73.6 cm³/mol. The van der Waals surface area contributed by atoms with Crippen LogP contribution in [0.25, 0.3) is 0 Å². The van der Waals surface area contributed by atoms with Crippen molar-refractivity contribution in [3.63, 3.8) is 0 Å². The minimum Gasteiger partial charge on any atom is -0.494 e. The average molecular weight is 271 g/mol. The summed E-state index contributed by atoms with van der Waals surface area (Å²) in [5.74, 6) is 1.11. The molecule has 0 saturated heterocycles. The maximum Gasteiger partial charge on any atom is 0.147 e. The Morgan fingerprint density at radius 3 is 2.67 bits per heavy atom. The first kappa shape index (κ1) is 15.0. The van der Waals surface area contributed by atoms with E-state index in [-0.39, 0.29) is 5.75 Å². The molecule has 5 heteroatoms. The Balaban J connectivity index is 2.35. The van der Waals surface area contributed by atoms with Gasteiger partial charge in [0.25, 0.3) is 0 Å². The van der Waals surface area contributed by atoms with Crippen LogP contribution in [0.1, 0.15) is 18.9 Å². The molecular weight excluding hydrogens is 250 g/mol. The molecule has 102 valence electrons. The molecule has 0 fully saturated rings. The largest absolute Gasteiger partial charge is 0.494 e. The van der Waals surface area contributed by atoms with Crippen LogP contribution in [0, 0.1) is 0 Å². The second-order valence-electron chi connectivity index (χ2n) is 4.20. The number of nitrogens with one attached hydrogen (secondary N) is 1. The molecule has 0 unspecified atom stereocenters. The smallest absolute Gasteiger partial charge is 0.147 e. The van der Waals surface area contributed by atoms with Gasteiger partial charge in [-0.3, -0.25) is 0 Å². The van der Waals surface area contributed by atoms with Crippen LogP contribution >= 0.6 is 0 Å². The molecule has 1 N–H and O–H groups in total. The van der Waals surface area contributed by atoms with Gasteiger partial charge in [-0.05, 0) is 26.0 Å². The summed E-state index contributed by atoms with van der Waals surface area (Å²) in [5.41, 5.74) is 1.10. The monoisotopic (exact) mass is 271 g/mol. The topological polar surface area (TPSA) is 55.4 Å². The molecule has 0 aromatic heterocycles. The number of hydrogen-bond donors (Lipinski definition) is 1. The Kier molecular flexibility index (Phi) is 6.15. The van der Waals surface area contributed by atoms with Gasteiger partial charge in [0.15, 0.2) is 0 Å². The summed E-state index contributed by atoms with van der Waals surface area (Å²) in [6.07, 6.45) is 1.90. The van der Waals surface area contributed by atoms with Gasteiger partial charge in [-0.2, -0.15) is 0 Å². The van der Waals surface area contributed by atoms with E-state index in [9.17, 15) is 8.42 Å². The van der Waals surface area contributed by atoms with Crippen molar-refractivity contribution in [1.82, 2.24) is 5.32 Å². The van der Waals surface area contributed by atoms with Crippen molar-refractivity contribution in [2.24, 2.45) is 0 Å². The van der Waals surface area contributed by atoms with Crippen LogP contribution in [0.3, 0.4) is 0 Å². The molecule has 0 atom stereocenters. The van der Waals surface area contributed by atoms with Gasteiger partial charge >= 0.3 is 0 Å². The molecule has 0 heterocycles. The van der Waals surface area contributed by atoms with E-state index < -0.39 is 9.84 Å². The molecule has 0 aliphatic heterocycles. The van der Waals surface area contributed by atoms with Gasteiger partial charge in [-0.25, -0.2) is 8.42 Å². The summed E-state index contributed by atoms with van der Waals surface area (Å²) in [5, 5.41) is 3.23. The van der Waals surface area contributed by atoms with Gasteiger partial charge in [0.1, 0.15) is 15.6 Å². The first-order valence-electron chi connectivity index (χ1n) is 6.12. The van der Waals surface area contributed by atoms with Gasteiger partial charge in [0, 0.05) is 18.4 Å². The van der Waals surface area contributed by atoms with Crippen LogP contribution in [-0.2, 0) is 16.4 Å². The third kappa shape index (κ3) is 6.02. The minimum absolute atomic E-state index is 0.229. The first-order chi connectivity index (χ1) is 8.53. The van der Waals surface area contributed by atoms with Crippen LogP contribution in [0.2, 0.25) is 0 Å². The third-order valence-corrected chi connectivity index (χ3v) is 3.49. The van der Waals surface area contributed by atoms with E-state index in [0.717, 1.165) is 11.3 Å². The zero-order valence-corrected chi connectivity index (χ0v) is 11.8. The normalized spacial score (nSPS) is 11.4. The molecule has 0 bridgehead atoms. The van der Waals surface area contributed by atoms with Crippen LogP contribution < -0.4 is 10.1 Å². The number of ether oxygens (including phenoxy) is 1. The summed E-state index contributed by atoms with van der Waals surface area (Å²) in [4.78, 5) is 0. The molecule has 0 amide bonds. The average Bonchev–Trinajstić information content (AvgIpc) is 2.29. The second kappa shape index (κ2) is 7.38. The SMILES string of the molecule is CCOc1ccccc1CNCCCS(C)(=O)=O. The van der Waals surface area contributed by atoms with Crippen molar-refractivity contribution in [3.05, 3.63) is 29.8 Å². The van der Waals surface area contributed by atoms with E-state index in [1.54, 1.807) is 0 Å². The minimum atomic E-state index is -2.85. The zero-order valence-electron chi connectivity index (χ0n) is 11.0. The van der Waals surface area contributed by atoms with Crippen molar-refractivity contribution in [3.8, 4) is 5.75 Å². The number of hydrogen-bond acceptors (Lipinski definition) is 4. The molecule has 18 heavy (non-hydrogen) atoms. The van der Waals surface area contributed by atoms with Crippen molar-refractivity contribution >= 4 is 9.84 Å². The van der Waals surface area contributed by atoms with Gasteiger partial charge < -0.3 is 10.1 Å². The molecule has 1 rings (SSSR count). The summed E-state index contributed by atoms with van der Waals surface area (Å²) in [7, 11) is -2.85. The molecule has 1 aromatic rings. The van der Waals surface area contributed by atoms with E-state index in [1.165, 1.54) is 6.26 Å². The van der Waals surface area contributed by atoms with Gasteiger partial charge in [-0.15, -0.1) is 0 Å². The lowest BCUT2D eigenvalue weighted by Crippen LogP contribution is -2.18. The van der Waals surface area contributed by atoms with Crippen LogP contribution in [0.4, 0.5) is 0 Å². The number of rotatable bonds is 8. The fourth-order valence-electron chi connectivity index (χ4n) is 1.63. The van der Waals surface area contributed by atoms with E-state index in [2.05, 4.69) is 5.32 Å². The van der Waals surface area contributed by atoms with Crippen molar-refractivity contribution < 1.29 is 13.2 Å². The molecule has 0 radical (unpaired) electrons. The van der Waals surface area contributed by atoms with Crippen LogP contribution in [0.5, 0.6) is 5.75 Å². The van der Waals surface area contributed by atoms with E-state index in [4.69, 9.17) is 4.74 Å². The predicted octanol–water partition coefficient (Wildman–Crippen LogP) is 1.61. The summed E-state index contributed by atoms with van der Waals surface area (Å²) < 4.78 is 27.4. The summed E-state index contributed by atoms with van der Waals surface area (Å²) in [6.45, 7) is 3.98. The highest BCUT2D eigenvalue weighted by molar-refractivity contribution is 7.90. The lowest BCUT2D eigenvalue weighted by Gasteiger charge is -2.10. The van der Waals surface area contributed by atoms with E-state index in [1.807, 2.05) is 31.2 Å². The highest BCUT2D eigenvalue weighted by Gasteiger charge is 2.03. The van der Waals surface area contributed by atoms with Crippen LogP contribution in [0.15, 0.2) is 24.3 Å². The maximum atomic E-state index is 11.0. The van der Waals surface area contributed by atoms with Crippen LogP contribution in [-0.4, -0.2) is 33.6 Å². The molecule has 0 aliphatic carbocycles. The van der Waals surface area contributed by atoms with Gasteiger partial charge in [0.05, 0.1) is 12.4 Å². The molecule has 0 saturated carbocycles. The van der Waals surface area contributed by atoms with E-state index >= 15 is 0 Å². The molecule has 0 spiro atoms. The third-order valence-electron chi connectivity index (χ3n) is 2.46. The number of sulfone groups is 1. The van der Waals surface area contributed by atoms with Crippen molar-refractivity contribution in [1.29, 1.82) is 0 Å². The molecular formula is C13H21NO3S. The van der Waals surface area contributed by atoms with Crippen molar-refractivity contribution in [2.75, 3.05) is 25.2 Å². The Morgan fingerprint density at radius 1 is 1.28 bits per heavy atom. The summed E-state index contributed by atoms with van der Waals surface area (Å²) >= 11 is 0. The Hall–Kier alpha value is -1.07. The lowest BCUT2D eigenvalue weighted by molar-refractivity contribution is 0.335. The van der Waals surface area contributed by atoms with Gasteiger partial charge in [-0.1, -0.05) is 18.2 Å². The van der Waals surface area contributed by atoms with E-state index in [0.29, 0.717) is 26.1 Å². The lowest BCUT2D eigenvalue weighted by atomic mass is 10.2. The maximum absolute atomic E-state index is 11.0. The highest BCUT2D eigenvalue weighted by atomic mass is 32.2. The summed E-state index contributed by atoms with van der Waals surface area (Å²) in [6, 6.07) is 7.86. The second-order valence-corrected chi connectivity index (χ2v) is 6.46. The Labute approximate surface area is 109 Å².